The summed E-state index contributed by atoms with van der Waals surface area (Å²) in [6, 6.07) is 4.58. The van der Waals surface area contributed by atoms with E-state index in [0.29, 0.717) is 6.04 Å². The van der Waals surface area contributed by atoms with E-state index < -0.39 is 0 Å². The molecule has 1 N–H and O–H groups in total. The molecule has 1 fully saturated rings. The summed E-state index contributed by atoms with van der Waals surface area (Å²) in [7, 11) is 0. The fourth-order valence-corrected chi connectivity index (χ4v) is 2.52. The SMILES string of the molecule is Cc1nccn1-c1ccc(NC2CCCOCC2)cn1. The summed E-state index contributed by atoms with van der Waals surface area (Å²) in [5.41, 5.74) is 1.07. The zero-order valence-electron chi connectivity index (χ0n) is 11.7. The number of nitrogens with zero attached hydrogens (tertiary/aromatic N) is 3. The van der Waals surface area contributed by atoms with Gasteiger partial charge in [0.05, 0.1) is 11.9 Å². The summed E-state index contributed by atoms with van der Waals surface area (Å²) < 4.78 is 7.45. The smallest absolute Gasteiger partial charge is 0.138 e. The van der Waals surface area contributed by atoms with Crippen molar-refractivity contribution in [3.8, 4) is 5.82 Å². The molecule has 1 unspecified atom stereocenters. The molecule has 3 rings (SSSR count). The van der Waals surface area contributed by atoms with Gasteiger partial charge in [-0.2, -0.15) is 0 Å². The maximum atomic E-state index is 5.48. The van der Waals surface area contributed by atoms with E-state index in [1.54, 1.807) is 6.20 Å². The van der Waals surface area contributed by atoms with Crippen LogP contribution in [0, 0.1) is 6.92 Å². The highest BCUT2D eigenvalue weighted by molar-refractivity contribution is 5.44. The van der Waals surface area contributed by atoms with Gasteiger partial charge >= 0.3 is 0 Å². The van der Waals surface area contributed by atoms with Gasteiger partial charge in [0.25, 0.3) is 0 Å². The Kier molecular flexibility index (Phi) is 3.97. The summed E-state index contributed by atoms with van der Waals surface area (Å²) in [5, 5.41) is 3.54. The number of hydrogen-bond acceptors (Lipinski definition) is 4. The maximum Gasteiger partial charge on any atom is 0.138 e. The van der Waals surface area contributed by atoms with Gasteiger partial charge in [-0.1, -0.05) is 0 Å². The van der Waals surface area contributed by atoms with Gasteiger partial charge in [0.1, 0.15) is 11.6 Å². The molecule has 1 atom stereocenters. The molecule has 5 heteroatoms. The molecule has 0 bridgehead atoms. The van der Waals surface area contributed by atoms with Crippen LogP contribution in [0.5, 0.6) is 0 Å². The minimum atomic E-state index is 0.486. The van der Waals surface area contributed by atoms with Crippen molar-refractivity contribution in [1.29, 1.82) is 0 Å². The van der Waals surface area contributed by atoms with Crippen molar-refractivity contribution in [1.82, 2.24) is 14.5 Å². The molecule has 2 aromatic rings. The molecule has 5 nitrogen and oxygen atoms in total. The molecule has 0 aromatic carbocycles. The predicted molar refractivity (Wildman–Crippen MR) is 78.2 cm³/mol. The third-order valence-corrected chi connectivity index (χ3v) is 3.64. The lowest BCUT2D eigenvalue weighted by Gasteiger charge is -2.17. The zero-order chi connectivity index (χ0) is 13.8. The van der Waals surface area contributed by atoms with E-state index in [9.17, 15) is 0 Å². The lowest BCUT2D eigenvalue weighted by Crippen LogP contribution is -2.19. The zero-order valence-corrected chi connectivity index (χ0v) is 11.7. The molecule has 20 heavy (non-hydrogen) atoms. The van der Waals surface area contributed by atoms with Crippen molar-refractivity contribution >= 4 is 5.69 Å². The average Bonchev–Trinajstić information content (AvgIpc) is 2.73. The molecular weight excluding hydrogens is 252 g/mol. The number of nitrogens with one attached hydrogen (secondary N) is 1. The van der Waals surface area contributed by atoms with Crippen molar-refractivity contribution in [2.75, 3.05) is 18.5 Å². The molecule has 106 valence electrons. The van der Waals surface area contributed by atoms with Crippen LogP contribution in [0.1, 0.15) is 25.1 Å². The molecule has 0 spiro atoms. The summed E-state index contributed by atoms with van der Waals surface area (Å²) >= 11 is 0. The highest BCUT2D eigenvalue weighted by atomic mass is 16.5. The summed E-state index contributed by atoms with van der Waals surface area (Å²) in [6.07, 6.45) is 8.94. The van der Waals surface area contributed by atoms with Crippen LogP contribution in [0.25, 0.3) is 5.82 Å². The Morgan fingerprint density at radius 3 is 2.95 bits per heavy atom. The number of imidazole rings is 1. The third-order valence-electron chi connectivity index (χ3n) is 3.64. The first-order valence-electron chi connectivity index (χ1n) is 7.13. The topological polar surface area (TPSA) is 52.0 Å². The minimum Gasteiger partial charge on any atom is -0.381 e. The molecule has 2 aromatic heterocycles. The number of anilines is 1. The number of aryl methyl sites for hydroxylation is 1. The molecule has 3 heterocycles. The first-order valence-corrected chi connectivity index (χ1v) is 7.13. The summed E-state index contributed by atoms with van der Waals surface area (Å²) in [5.74, 6) is 1.84. The monoisotopic (exact) mass is 272 g/mol. The Hall–Kier alpha value is -1.88. The van der Waals surface area contributed by atoms with Gasteiger partial charge in [-0.05, 0) is 38.3 Å². The van der Waals surface area contributed by atoms with Crippen LogP contribution < -0.4 is 5.32 Å². The minimum absolute atomic E-state index is 0.486. The van der Waals surface area contributed by atoms with Gasteiger partial charge in [-0.25, -0.2) is 9.97 Å². The van der Waals surface area contributed by atoms with Gasteiger partial charge in [0.2, 0.25) is 0 Å². The maximum absolute atomic E-state index is 5.48. The van der Waals surface area contributed by atoms with Crippen LogP contribution in [0.15, 0.2) is 30.7 Å². The van der Waals surface area contributed by atoms with E-state index in [0.717, 1.165) is 49.8 Å². The summed E-state index contributed by atoms with van der Waals surface area (Å²) in [6.45, 7) is 3.70. The summed E-state index contributed by atoms with van der Waals surface area (Å²) in [4.78, 5) is 8.71. The van der Waals surface area contributed by atoms with Crippen LogP contribution in [-0.4, -0.2) is 33.8 Å². The van der Waals surface area contributed by atoms with Crippen molar-refractivity contribution < 1.29 is 4.74 Å². The molecule has 0 aliphatic carbocycles. The first-order chi connectivity index (χ1) is 9.83. The van der Waals surface area contributed by atoms with Gasteiger partial charge < -0.3 is 10.1 Å². The number of aromatic nitrogens is 3. The van der Waals surface area contributed by atoms with E-state index in [-0.39, 0.29) is 0 Å². The molecule has 1 aliphatic heterocycles. The van der Waals surface area contributed by atoms with Crippen molar-refractivity contribution in [2.45, 2.75) is 32.2 Å². The highest BCUT2D eigenvalue weighted by Crippen LogP contribution is 2.16. The molecule has 1 saturated heterocycles. The van der Waals surface area contributed by atoms with Crippen molar-refractivity contribution in [3.63, 3.8) is 0 Å². The van der Waals surface area contributed by atoms with Crippen molar-refractivity contribution in [3.05, 3.63) is 36.5 Å². The van der Waals surface area contributed by atoms with Gasteiger partial charge in [-0.15, -0.1) is 0 Å². The number of pyridine rings is 1. The van der Waals surface area contributed by atoms with Crippen LogP contribution >= 0.6 is 0 Å². The average molecular weight is 272 g/mol. The number of hydrogen-bond donors (Lipinski definition) is 1. The second-order valence-corrected chi connectivity index (χ2v) is 5.13. The van der Waals surface area contributed by atoms with Crippen LogP contribution in [0.4, 0.5) is 5.69 Å². The van der Waals surface area contributed by atoms with Crippen LogP contribution in [0.2, 0.25) is 0 Å². The Bertz CT molecular complexity index is 541. The third kappa shape index (κ3) is 2.99. The van der Waals surface area contributed by atoms with E-state index in [2.05, 4.69) is 21.4 Å². The quantitative estimate of drug-likeness (QED) is 0.933. The van der Waals surface area contributed by atoms with Crippen molar-refractivity contribution in [2.24, 2.45) is 0 Å². The number of rotatable bonds is 3. The molecule has 0 saturated carbocycles. The Labute approximate surface area is 119 Å². The van der Waals surface area contributed by atoms with Crippen LogP contribution in [0.3, 0.4) is 0 Å². The fraction of sp³-hybridized carbons (Fsp3) is 0.467. The second-order valence-electron chi connectivity index (χ2n) is 5.13. The van der Waals surface area contributed by atoms with Gasteiger partial charge in [-0.3, -0.25) is 4.57 Å². The van der Waals surface area contributed by atoms with E-state index in [4.69, 9.17) is 4.74 Å². The largest absolute Gasteiger partial charge is 0.381 e. The van der Waals surface area contributed by atoms with E-state index in [1.807, 2.05) is 30.0 Å². The fourth-order valence-electron chi connectivity index (χ4n) is 2.52. The normalized spacial score (nSPS) is 19.6. The number of ether oxygens (including phenoxy) is 1. The first kappa shape index (κ1) is 13.1. The Balaban J connectivity index is 1.68. The van der Waals surface area contributed by atoms with Gasteiger partial charge in [0, 0.05) is 31.6 Å². The molecule has 1 aliphatic rings. The molecule has 0 amide bonds. The van der Waals surface area contributed by atoms with E-state index in [1.165, 1.54) is 0 Å². The standard InChI is InChI=1S/C15H20N4O/c1-12-16-7-8-19(12)15-5-4-14(11-17-15)18-13-3-2-9-20-10-6-13/h4-5,7-8,11,13,18H,2-3,6,9-10H2,1H3. The predicted octanol–water partition coefficient (Wildman–Crippen LogP) is 2.56. The lowest BCUT2D eigenvalue weighted by molar-refractivity contribution is 0.144. The second kappa shape index (κ2) is 6.05. The van der Waals surface area contributed by atoms with Crippen LogP contribution in [-0.2, 0) is 4.74 Å². The van der Waals surface area contributed by atoms with E-state index >= 15 is 0 Å². The Morgan fingerprint density at radius 2 is 2.20 bits per heavy atom. The molecule has 0 radical (unpaired) electrons. The highest BCUT2D eigenvalue weighted by Gasteiger charge is 2.12. The lowest BCUT2D eigenvalue weighted by atomic mass is 10.1. The van der Waals surface area contributed by atoms with Gasteiger partial charge in [0.15, 0.2) is 0 Å². The Morgan fingerprint density at radius 1 is 1.25 bits per heavy atom. The molecular formula is C15H20N4O.